The van der Waals surface area contributed by atoms with Crippen LogP contribution in [0, 0.1) is 5.82 Å². The summed E-state index contributed by atoms with van der Waals surface area (Å²) in [6.07, 6.45) is 5.17. The summed E-state index contributed by atoms with van der Waals surface area (Å²) in [5.41, 5.74) is 0.109. The van der Waals surface area contributed by atoms with Gasteiger partial charge in [-0.15, -0.1) is 0 Å². The van der Waals surface area contributed by atoms with Gasteiger partial charge in [0.2, 0.25) is 5.91 Å². The standard InChI is InChI=1S/C15H16FNO3/c16-12-5-2-11(3-6-12)4-7-13(18)17-15(8-1-9-15)10-14(19)20/h2-7H,1,8-10H2,(H,17,18)(H,19,20). The second-order valence-electron chi connectivity index (χ2n) is 5.08. The third kappa shape index (κ3) is 3.66. The van der Waals surface area contributed by atoms with E-state index in [9.17, 15) is 14.0 Å². The maximum atomic E-state index is 12.7. The fraction of sp³-hybridized carbons (Fsp3) is 0.333. The smallest absolute Gasteiger partial charge is 0.305 e. The molecule has 0 bridgehead atoms. The van der Waals surface area contributed by atoms with Crippen molar-refractivity contribution in [1.82, 2.24) is 5.32 Å². The highest BCUT2D eigenvalue weighted by Crippen LogP contribution is 2.34. The Morgan fingerprint density at radius 1 is 1.30 bits per heavy atom. The average Bonchev–Trinajstić information content (AvgIpc) is 2.35. The van der Waals surface area contributed by atoms with Crippen LogP contribution < -0.4 is 5.32 Å². The van der Waals surface area contributed by atoms with Crippen LogP contribution in [0.3, 0.4) is 0 Å². The van der Waals surface area contributed by atoms with Gasteiger partial charge in [-0.2, -0.15) is 0 Å². The Labute approximate surface area is 116 Å². The summed E-state index contributed by atoms with van der Waals surface area (Å²) >= 11 is 0. The summed E-state index contributed by atoms with van der Waals surface area (Å²) in [5, 5.41) is 11.6. The zero-order valence-corrected chi connectivity index (χ0v) is 10.9. The van der Waals surface area contributed by atoms with E-state index in [0.717, 1.165) is 6.42 Å². The van der Waals surface area contributed by atoms with Crippen molar-refractivity contribution in [2.45, 2.75) is 31.2 Å². The monoisotopic (exact) mass is 277 g/mol. The molecule has 2 rings (SSSR count). The Kier molecular flexibility index (Phi) is 4.17. The molecule has 20 heavy (non-hydrogen) atoms. The Hall–Kier alpha value is -2.17. The van der Waals surface area contributed by atoms with Crippen LogP contribution in [-0.2, 0) is 9.59 Å². The van der Waals surface area contributed by atoms with Gasteiger partial charge in [-0.1, -0.05) is 12.1 Å². The summed E-state index contributed by atoms with van der Waals surface area (Å²) in [4.78, 5) is 22.6. The number of carbonyl (C=O) groups is 2. The third-order valence-electron chi connectivity index (χ3n) is 3.49. The molecule has 1 amide bonds. The van der Waals surface area contributed by atoms with Gasteiger partial charge in [0.25, 0.3) is 0 Å². The SMILES string of the molecule is O=C(O)CC1(NC(=O)C=Cc2ccc(F)cc2)CCC1. The van der Waals surface area contributed by atoms with E-state index in [1.54, 1.807) is 18.2 Å². The molecular formula is C15H16FNO3. The topological polar surface area (TPSA) is 66.4 Å². The number of aliphatic carboxylic acids is 1. The zero-order chi connectivity index (χ0) is 14.6. The minimum atomic E-state index is -0.910. The molecule has 4 nitrogen and oxygen atoms in total. The van der Waals surface area contributed by atoms with E-state index in [2.05, 4.69) is 5.32 Å². The molecule has 1 aromatic rings. The van der Waals surface area contributed by atoms with Crippen molar-refractivity contribution >= 4 is 18.0 Å². The lowest BCUT2D eigenvalue weighted by Gasteiger charge is -2.41. The predicted molar refractivity (Wildman–Crippen MR) is 72.4 cm³/mol. The van der Waals surface area contributed by atoms with E-state index in [1.807, 2.05) is 0 Å². The van der Waals surface area contributed by atoms with Crippen LogP contribution in [0.2, 0.25) is 0 Å². The molecule has 0 unspecified atom stereocenters. The van der Waals surface area contributed by atoms with Crippen LogP contribution in [-0.4, -0.2) is 22.5 Å². The van der Waals surface area contributed by atoms with E-state index in [-0.39, 0.29) is 18.1 Å². The first kappa shape index (κ1) is 14.2. The number of benzene rings is 1. The molecule has 1 saturated carbocycles. The number of halogens is 1. The van der Waals surface area contributed by atoms with Crippen LogP contribution >= 0.6 is 0 Å². The van der Waals surface area contributed by atoms with E-state index in [0.29, 0.717) is 18.4 Å². The van der Waals surface area contributed by atoms with E-state index in [1.165, 1.54) is 18.2 Å². The first-order valence-electron chi connectivity index (χ1n) is 6.47. The van der Waals surface area contributed by atoms with Crippen molar-refractivity contribution < 1.29 is 19.1 Å². The molecule has 1 aromatic carbocycles. The number of hydrogen-bond donors (Lipinski definition) is 2. The van der Waals surface area contributed by atoms with Crippen LogP contribution in [0.1, 0.15) is 31.2 Å². The number of carbonyl (C=O) groups excluding carboxylic acids is 1. The number of amides is 1. The van der Waals surface area contributed by atoms with E-state index < -0.39 is 11.5 Å². The Morgan fingerprint density at radius 2 is 1.95 bits per heavy atom. The number of hydrogen-bond acceptors (Lipinski definition) is 2. The van der Waals surface area contributed by atoms with Gasteiger partial charge in [0.15, 0.2) is 0 Å². The molecular weight excluding hydrogens is 261 g/mol. The molecule has 1 aliphatic rings. The van der Waals surface area contributed by atoms with Gasteiger partial charge in [0.1, 0.15) is 5.82 Å². The van der Waals surface area contributed by atoms with Gasteiger partial charge in [-0.25, -0.2) is 4.39 Å². The molecule has 5 heteroatoms. The number of nitrogens with one attached hydrogen (secondary N) is 1. The van der Waals surface area contributed by atoms with Crippen molar-refractivity contribution in [1.29, 1.82) is 0 Å². The fourth-order valence-electron chi connectivity index (χ4n) is 2.29. The highest BCUT2D eigenvalue weighted by molar-refractivity contribution is 5.92. The van der Waals surface area contributed by atoms with Crippen molar-refractivity contribution in [3.8, 4) is 0 Å². The van der Waals surface area contributed by atoms with Crippen molar-refractivity contribution in [2.24, 2.45) is 0 Å². The lowest BCUT2D eigenvalue weighted by Crippen LogP contribution is -2.54. The predicted octanol–water partition coefficient (Wildman–Crippen LogP) is 2.35. The van der Waals surface area contributed by atoms with Crippen molar-refractivity contribution in [3.63, 3.8) is 0 Å². The summed E-state index contributed by atoms with van der Waals surface area (Å²) in [7, 11) is 0. The van der Waals surface area contributed by atoms with Gasteiger partial charge >= 0.3 is 5.97 Å². The molecule has 0 aliphatic heterocycles. The highest BCUT2D eigenvalue weighted by Gasteiger charge is 2.39. The molecule has 106 valence electrons. The number of carboxylic acids is 1. The molecule has 0 atom stereocenters. The number of rotatable bonds is 5. The van der Waals surface area contributed by atoms with Gasteiger partial charge in [-0.3, -0.25) is 9.59 Å². The quantitative estimate of drug-likeness (QED) is 0.812. The first-order chi connectivity index (χ1) is 9.49. The van der Waals surface area contributed by atoms with Gasteiger partial charge in [0, 0.05) is 6.08 Å². The van der Waals surface area contributed by atoms with Gasteiger partial charge in [-0.05, 0) is 43.0 Å². The normalized spacial score (nSPS) is 16.6. The first-order valence-corrected chi connectivity index (χ1v) is 6.47. The Balaban J connectivity index is 1.94. The molecule has 0 aromatic heterocycles. The second kappa shape index (κ2) is 5.86. The molecule has 0 radical (unpaired) electrons. The maximum Gasteiger partial charge on any atom is 0.305 e. The Bertz CT molecular complexity index is 533. The molecule has 1 fully saturated rings. The molecule has 2 N–H and O–H groups in total. The van der Waals surface area contributed by atoms with Crippen molar-refractivity contribution in [3.05, 3.63) is 41.7 Å². The van der Waals surface area contributed by atoms with Crippen LogP contribution in [0.4, 0.5) is 4.39 Å². The molecule has 0 spiro atoms. The summed E-state index contributed by atoms with van der Waals surface area (Å²) in [6.45, 7) is 0. The second-order valence-corrected chi connectivity index (χ2v) is 5.08. The highest BCUT2D eigenvalue weighted by atomic mass is 19.1. The fourth-order valence-corrected chi connectivity index (χ4v) is 2.29. The minimum Gasteiger partial charge on any atom is -0.481 e. The summed E-state index contributed by atoms with van der Waals surface area (Å²) < 4.78 is 12.7. The number of carboxylic acid groups (broad SMARTS) is 1. The van der Waals surface area contributed by atoms with Crippen LogP contribution in [0.15, 0.2) is 30.3 Å². The minimum absolute atomic E-state index is 0.0525. The molecule has 0 heterocycles. The lowest BCUT2D eigenvalue weighted by atomic mass is 9.74. The third-order valence-corrected chi connectivity index (χ3v) is 3.49. The zero-order valence-electron chi connectivity index (χ0n) is 10.9. The average molecular weight is 277 g/mol. The van der Waals surface area contributed by atoms with E-state index >= 15 is 0 Å². The lowest BCUT2D eigenvalue weighted by molar-refractivity contribution is -0.140. The molecule has 0 saturated heterocycles. The van der Waals surface area contributed by atoms with Gasteiger partial charge < -0.3 is 10.4 Å². The van der Waals surface area contributed by atoms with Crippen molar-refractivity contribution in [2.75, 3.05) is 0 Å². The summed E-state index contributed by atoms with van der Waals surface area (Å²) in [6, 6.07) is 5.76. The largest absolute Gasteiger partial charge is 0.481 e. The van der Waals surface area contributed by atoms with Gasteiger partial charge in [0.05, 0.1) is 12.0 Å². The van der Waals surface area contributed by atoms with Crippen LogP contribution in [0.5, 0.6) is 0 Å². The Morgan fingerprint density at radius 3 is 2.45 bits per heavy atom. The summed E-state index contributed by atoms with van der Waals surface area (Å²) in [5.74, 6) is -1.57. The van der Waals surface area contributed by atoms with E-state index in [4.69, 9.17) is 5.11 Å². The molecule has 1 aliphatic carbocycles. The maximum absolute atomic E-state index is 12.7. The van der Waals surface area contributed by atoms with Crippen LogP contribution in [0.25, 0.3) is 6.08 Å².